The predicted molar refractivity (Wildman–Crippen MR) is 70.0 cm³/mol. The van der Waals surface area contributed by atoms with Gasteiger partial charge in [0.15, 0.2) is 0 Å². The van der Waals surface area contributed by atoms with Gasteiger partial charge < -0.3 is 10.6 Å². The minimum atomic E-state index is -4.32. The number of carbonyl (C=O) groups excluding carboxylic acids is 1. The molecule has 6 heteroatoms. The molecule has 0 heterocycles. The SMILES string of the molecule is NCC1(CC(=O)N(CC(F)(F)F)C2CC2)CCCCC1. The molecule has 0 atom stereocenters. The summed E-state index contributed by atoms with van der Waals surface area (Å²) in [7, 11) is 0. The monoisotopic (exact) mass is 292 g/mol. The van der Waals surface area contributed by atoms with Gasteiger partial charge in [-0.2, -0.15) is 13.2 Å². The van der Waals surface area contributed by atoms with Gasteiger partial charge in [0.25, 0.3) is 0 Å². The zero-order chi connectivity index (χ0) is 14.8. The Kier molecular flexibility index (Phi) is 4.62. The van der Waals surface area contributed by atoms with Gasteiger partial charge in [0, 0.05) is 12.5 Å². The first kappa shape index (κ1) is 15.6. The van der Waals surface area contributed by atoms with Crippen LogP contribution in [-0.2, 0) is 4.79 Å². The van der Waals surface area contributed by atoms with Crippen LogP contribution in [0.25, 0.3) is 0 Å². The zero-order valence-corrected chi connectivity index (χ0v) is 11.7. The van der Waals surface area contributed by atoms with E-state index in [9.17, 15) is 18.0 Å². The average Bonchev–Trinajstić information content (AvgIpc) is 3.20. The Hall–Kier alpha value is -0.780. The van der Waals surface area contributed by atoms with Crippen LogP contribution in [0.1, 0.15) is 51.4 Å². The summed E-state index contributed by atoms with van der Waals surface area (Å²) in [5, 5.41) is 0. The van der Waals surface area contributed by atoms with E-state index in [4.69, 9.17) is 5.73 Å². The summed E-state index contributed by atoms with van der Waals surface area (Å²) in [4.78, 5) is 13.3. The molecule has 2 saturated carbocycles. The lowest BCUT2D eigenvalue weighted by Crippen LogP contribution is -2.44. The molecule has 0 aliphatic heterocycles. The molecule has 2 fully saturated rings. The molecular weight excluding hydrogens is 269 g/mol. The smallest absolute Gasteiger partial charge is 0.331 e. The Morgan fingerprint density at radius 3 is 2.25 bits per heavy atom. The van der Waals surface area contributed by atoms with Gasteiger partial charge in [-0.15, -0.1) is 0 Å². The van der Waals surface area contributed by atoms with Crippen molar-refractivity contribution in [3.05, 3.63) is 0 Å². The van der Waals surface area contributed by atoms with Gasteiger partial charge in [-0.3, -0.25) is 4.79 Å². The highest BCUT2D eigenvalue weighted by Crippen LogP contribution is 2.40. The fourth-order valence-corrected chi connectivity index (χ4v) is 3.18. The summed E-state index contributed by atoms with van der Waals surface area (Å²) in [5.41, 5.74) is 5.54. The number of amides is 1. The number of nitrogens with zero attached hydrogens (tertiary/aromatic N) is 1. The lowest BCUT2D eigenvalue weighted by atomic mass is 9.71. The molecule has 20 heavy (non-hydrogen) atoms. The first-order chi connectivity index (χ1) is 9.35. The van der Waals surface area contributed by atoms with Crippen LogP contribution in [0.15, 0.2) is 0 Å². The van der Waals surface area contributed by atoms with Crippen molar-refractivity contribution < 1.29 is 18.0 Å². The molecule has 0 aromatic heterocycles. The van der Waals surface area contributed by atoms with Crippen LogP contribution in [0.5, 0.6) is 0 Å². The summed E-state index contributed by atoms with van der Waals surface area (Å²) in [5.74, 6) is -0.364. The molecule has 0 spiro atoms. The summed E-state index contributed by atoms with van der Waals surface area (Å²) in [6.45, 7) is -0.722. The van der Waals surface area contributed by atoms with Crippen molar-refractivity contribution in [1.29, 1.82) is 0 Å². The summed E-state index contributed by atoms with van der Waals surface area (Å²) >= 11 is 0. The molecule has 2 aliphatic rings. The first-order valence-electron chi connectivity index (χ1n) is 7.42. The summed E-state index contributed by atoms with van der Waals surface area (Å²) < 4.78 is 37.8. The lowest BCUT2D eigenvalue weighted by molar-refractivity contribution is -0.164. The van der Waals surface area contributed by atoms with Crippen molar-refractivity contribution in [1.82, 2.24) is 4.90 Å². The third-order valence-corrected chi connectivity index (χ3v) is 4.53. The maximum atomic E-state index is 12.6. The Morgan fingerprint density at radius 2 is 1.80 bits per heavy atom. The highest BCUT2D eigenvalue weighted by Gasteiger charge is 2.43. The highest BCUT2D eigenvalue weighted by atomic mass is 19.4. The number of halogens is 3. The van der Waals surface area contributed by atoms with E-state index in [0.717, 1.165) is 37.0 Å². The number of rotatable bonds is 5. The second-order valence-corrected chi connectivity index (χ2v) is 6.31. The van der Waals surface area contributed by atoms with E-state index in [0.29, 0.717) is 19.4 Å². The molecule has 0 unspecified atom stereocenters. The topological polar surface area (TPSA) is 46.3 Å². The third kappa shape index (κ3) is 4.11. The van der Waals surface area contributed by atoms with E-state index >= 15 is 0 Å². The standard InChI is InChI=1S/C14H23F3N2O/c15-14(16,17)10-19(11-4-5-11)12(20)8-13(9-18)6-2-1-3-7-13/h11H,1-10,18H2. The second kappa shape index (κ2) is 5.92. The lowest BCUT2D eigenvalue weighted by Gasteiger charge is -2.37. The molecule has 0 radical (unpaired) electrons. The third-order valence-electron chi connectivity index (χ3n) is 4.53. The van der Waals surface area contributed by atoms with E-state index in [1.54, 1.807) is 0 Å². The van der Waals surface area contributed by atoms with Crippen LogP contribution in [0.2, 0.25) is 0 Å². The molecule has 2 rings (SSSR count). The van der Waals surface area contributed by atoms with Crippen LogP contribution in [-0.4, -0.2) is 36.1 Å². The fraction of sp³-hybridized carbons (Fsp3) is 0.929. The van der Waals surface area contributed by atoms with E-state index < -0.39 is 12.7 Å². The molecule has 0 bridgehead atoms. The zero-order valence-electron chi connectivity index (χ0n) is 11.7. The average molecular weight is 292 g/mol. The number of hydrogen-bond acceptors (Lipinski definition) is 2. The van der Waals surface area contributed by atoms with Crippen molar-refractivity contribution in [3.63, 3.8) is 0 Å². The van der Waals surface area contributed by atoms with Crippen molar-refractivity contribution in [2.24, 2.45) is 11.1 Å². The van der Waals surface area contributed by atoms with Crippen molar-refractivity contribution in [2.45, 2.75) is 63.6 Å². The van der Waals surface area contributed by atoms with Gasteiger partial charge in [0.2, 0.25) is 5.91 Å². The van der Waals surface area contributed by atoms with Gasteiger partial charge in [0.1, 0.15) is 6.54 Å². The maximum Gasteiger partial charge on any atom is 0.406 e. The number of alkyl halides is 3. The van der Waals surface area contributed by atoms with E-state index in [2.05, 4.69) is 0 Å². The van der Waals surface area contributed by atoms with Crippen LogP contribution in [0.4, 0.5) is 13.2 Å². The Labute approximate surface area is 117 Å². The fourth-order valence-electron chi connectivity index (χ4n) is 3.18. The highest BCUT2D eigenvalue weighted by molar-refractivity contribution is 5.77. The summed E-state index contributed by atoms with van der Waals surface area (Å²) in [6.07, 6.45) is 2.14. The Morgan fingerprint density at radius 1 is 1.20 bits per heavy atom. The molecule has 116 valence electrons. The van der Waals surface area contributed by atoms with Crippen molar-refractivity contribution in [3.8, 4) is 0 Å². The molecule has 3 nitrogen and oxygen atoms in total. The maximum absolute atomic E-state index is 12.6. The molecule has 2 aliphatic carbocycles. The number of carbonyl (C=O) groups is 1. The van der Waals surface area contributed by atoms with E-state index in [-0.39, 0.29) is 23.8 Å². The van der Waals surface area contributed by atoms with Gasteiger partial charge in [0.05, 0.1) is 0 Å². The summed E-state index contributed by atoms with van der Waals surface area (Å²) in [6, 6.07) is -0.206. The van der Waals surface area contributed by atoms with Gasteiger partial charge in [-0.05, 0) is 37.6 Å². The van der Waals surface area contributed by atoms with Crippen molar-refractivity contribution >= 4 is 5.91 Å². The quantitative estimate of drug-likeness (QED) is 0.847. The molecule has 0 aromatic rings. The number of nitrogens with two attached hydrogens (primary N) is 1. The Balaban J connectivity index is 2.00. The molecule has 2 N–H and O–H groups in total. The largest absolute Gasteiger partial charge is 0.406 e. The van der Waals surface area contributed by atoms with Gasteiger partial charge >= 0.3 is 6.18 Å². The van der Waals surface area contributed by atoms with Crippen LogP contribution in [0.3, 0.4) is 0 Å². The van der Waals surface area contributed by atoms with Crippen LogP contribution >= 0.6 is 0 Å². The second-order valence-electron chi connectivity index (χ2n) is 6.31. The van der Waals surface area contributed by atoms with Crippen molar-refractivity contribution in [2.75, 3.05) is 13.1 Å². The van der Waals surface area contributed by atoms with Gasteiger partial charge in [-0.1, -0.05) is 19.3 Å². The minimum Gasteiger partial charge on any atom is -0.331 e. The predicted octanol–water partition coefficient (Wildman–Crippen LogP) is 2.84. The van der Waals surface area contributed by atoms with Crippen LogP contribution in [0, 0.1) is 5.41 Å². The molecule has 1 amide bonds. The molecule has 0 aromatic carbocycles. The normalized spacial score (nSPS) is 22.6. The molecule has 0 saturated heterocycles. The minimum absolute atomic E-state index is 0.177. The number of hydrogen-bond donors (Lipinski definition) is 1. The van der Waals surface area contributed by atoms with Gasteiger partial charge in [-0.25, -0.2) is 0 Å². The van der Waals surface area contributed by atoms with E-state index in [1.165, 1.54) is 0 Å². The van der Waals surface area contributed by atoms with E-state index in [1.807, 2.05) is 0 Å². The first-order valence-corrected chi connectivity index (χ1v) is 7.42. The van der Waals surface area contributed by atoms with Crippen LogP contribution < -0.4 is 5.73 Å². The molecular formula is C14H23F3N2O. The Bertz CT molecular complexity index is 347.